The molecule has 2 amide bonds. The van der Waals surface area contributed by atoms with Gasteiger partial charge >= 0.3 is 0 Å². The Morgan fingerprint density at radius 2 is 1.62 bits per heavy atom. The van der Waals surface area contributed by atoms with E-state index >= 15 is 0 Å². The van der Waals surface area contributed by atoms with Crippen molar-refractivity contribution in [2.75, 3.05) is 19.7 Å². The van der Waals surface area contributed by atoms with Crippen LogP contribution in [0.25, 0.3) is 0 Å². The van der Waals surface area contributed by atoms with E-state index < -0.39 is 0 Å². The molecular weight excluding hydrogens is 208 g/mol. The highest BCUT2D eigenvalue weighted by Crippen LogP contribution is 2.00. The highest BCUT2D eigenvalue weighted by molar-refractivity contribution is 5.79. The number of aliphatic hydroxyl groups excluding tert-OH is 1. The lowest BCUT2D eigenvalue weighted by Crippen LogP contribution is -2.34. The Kier molecular flexibility index (Phi) is 7.54. The van der Waals surface area contributed by atoms with E-state index in [0.717, 1.165) is 0 Å². The Bertz CT molecular complexity index is 229. The first kappa shape index (κ1) is 14.9. The van der Waals surface area contributed by atoms with Crippen molar-refractivity contribution in [3.8, 4) is 0 Å². The van der Waals surface area contributed by atoms with Gasteiger partial charge in [0.25, 0.3) is 0 Å². The van der Waals surface area contributed by atoms with Gasteiger partial charge in [-0.15, -0.1) is 0 Å². The SMILES string of the molecule is CC(C)C(=O)NCCC(C)C(=O)NCCO. The maximum absolute atomic E-state index is 11.4. The van der Waals surface area contributed by atoms with Crippen molar-refractivity contribution in [3.63, 3.8) is 0 Å². The summed E-state index contributed by atoms with van der Waals surface area (Å²) in [7, 11) is 0. The number of rotatable bonds is 7. The van der Waals surface area contributed by atoms with Crippen molar-refractivity contribution in [2.24, 2.45) is 11.8 Å². The molecule has 94 valence electrons. The highest BCUT2D eigenvalue weighted by atomic mass is 16.3. The summed E-state index contributed by atoms with van der Waals surface area (Å²) in [5.41, 5.74) is 0. The molecule has 0 radical (unpaired) electrons. The molecule has 0 aromatic rings. The molecule has 0 saturated carbocycles. The van der Waals surface area contributed by atoms with Crippen LogP contribution >= 0.6 is 0 Å². The van der Waals surface area contributed by atoms with E-state index in [-0.39, 0.29) is 36.8 Å². The third kappa shape index (κ3) is 6.40. The van der Waals surface area contributed by atoms with Crippen LogP contribution < -0.4 is 10.6 Å². The summed E-state index contributed by atoms with van der Waals surface area (Å²) in [6, 6.07) is 0. The number of hydrogen-bond acceptors (Lipinski definition) is 3. The Labute approximate surface area is 96.6 Å². The molecule has 0 bridgehead atoms. The second kappa shape index (κ2) is 8.10. The zero-order valence-corrected chi connectivity index (χ0v) is 10.2. The lowest BCUT2D eigenvalue weighted by Gasteiger charge is -2.12. The van der Waals surface area contributed by atoms with Crippen molar-refractivity contribution >= 4 is 11.8 Å². The average Bonchev–Trinajstić information content (AvgIpc) is 2.25. The Morgan fingerprint density at radius 3 is 2.12 bits per heavy atom. The van der Waals surface area contributed by atoms with Crippen LogP contribution in [0.5, 0.6) is 0 Å². The van der Waals surface area contributed by atoms with E-state index in [2.05, 4.69) is 10.6 Å². The first-order valence-electron chi connectivity index (χ1n) is 5.65. The monoisotopic (exact) mass is 230 g/mol. The van der Waals surface area contributed by atoms with Gasteiger partial charge in [0.15, 0.2) is 0 Å². The van der Waals surface area contributed by atoms with E-state index in [9.17, 15) is 9.59 Å². The second-order valence-electron chi connectivity index (χ2n) is 4.15. The minimum Gasteiger partial charge on any atom is -0.395 e. The largest absolute Gasteiger partial charge is 0.395 e. The molecule has 5 heteroatoms. The number of amides is 2. The summed E-state index contributed by atoms with van der Waals surface area (Å²) < 4.78 is 0. The molecule has 16 heavy (non-hydrogen) atoms. The Hall–Kier alpha value is -1.10. The van der Waals surface area contributed by atoms with Crippen LogP contribution in [0.1, 0.15) is 27.2 Å². The lowest BCUT2D eigenvalue weighted by molar-refractivity contribution is -0.126. The summed E-state index contributed by atoms with van der Waals surface area (Å²) in [4.78, 5) is 22.6. The molecule has 0 saturated heterocycles. The summed E-state index contributed by atoms with van der Waals surface area (Å²) in [5, 5.41) is 13.9. The van der Waals surface area contributed by atoms with Gasteiger partial charge in [-0.1, -0.05) is 20.8 Å². The molecule has 0 aliphatic rings. The molecule has 0 aliphatic heterocycles. The number of carbonyl (C=O) groups is 2. The van der Waals surface area contributed by atoms with Crippen LogP contribution in [0.2, 0.25) is 0 Å². The average molecular weight is 230 g/mol. The zero-order valence-electron chi connectivity index (χ0n) is 10.2. The lowest BCUT2D eigenvalue weighted by atomic mass is 10.1. The third-order valence-electron chi connectivity index (χ3n) is 2.26. The minimum absolute atomic E-state index is 0.00275. The van der Waals surface area contributed by atoms with Crippen molar-refractivity contribution in [2.45, 2.75) is 27.2 Å². The molecule has 0 heterocycles. The summed E-state index contributed by atoms with van der Waals surface area (Å²) in [6.45, 7) is 6.18. The second-order valence-corrected chi connectivity index (χ2v) is 4.15. The van der Waals surface area contributed by atoms with Crippen molar-refractivity contribution in [1.82, 2.24) is 10.6 Å². The Morgan fingerprint density at radius 1 is 1.06 bits per heavy atom. The van der Waals surface area contributed by atoms with E-state index in [1.807, 2.05) is 13.8 Å². The number of aliphatic hydroxyl groups is 1. The number of carbonyl (C=O) groups excluding carboxylic acids is 2. The normalized spacial score (nSPS) is 12.3. The van der Waals surface area contributed by atoms with Gasteiger partial charge in [0.05, 0.1) is 6.61 Å². The molecule has 0 aromatic heterocycles. The topological polar surface area (TPSA) is 78.4 Å². The quantitative estimate of drug-likeness (QED) is 0.571. The maximum Gasteiger partial charge on any atom is 0.222 e. The van der Waals surface area contributed by atoms with Gasteiger partial charge < -0.3 is 15.7 Å². The summed E-state index contributed by atoms with van der Waals surface area (Å²) in [6.07, 6.45) is 0.607. The van der Waals surface area contributed by atoms with Crippen LogP contribution in [0, 0.1) is 11.8 Å². The van der Waals surface area contributed by atoms with Crippen LogP contribution in [0.3, 0.4) is 0 Å². The molecule has 0 aromatic carbocycles. The van der Waals surface area contributed by atoms with Crippen LogP contribution in [-0.4, -0.2) is 36.6 Å². The van der Waals surface area contributed by atoms with Gasteiger partial charge in [-0.25, -0.2) is 0 Å². The van der Waals surface area contributed by atoms with E-state index in [0.29, 0.717) is 13.0 Å². The fourth-order valence-electron chi connectivity index (χ4n) is 1.10. The maximum atomic E-state index is 11.4. The fourth-order valence-corrected chi connectivity index (χ4v) is 1.10. The van der Waals surface area contributed by atoms with Gasteiger partial charge in [0.2, 0.25) is 11.8 Å². The third-order valence-corrected chi connectivity index (χ3v) is 2.26. The minimum atomic E-state index is -0.154. The van der Waals surface area contributed by atoms with E-state index in [1.165, 1.54) is 0 Å². The molecule has 5 nitrogen and oxygen atoms in total. The molecule has 1 atom stereocenters. The van der Waals surface area contributed by atoms with Gasteiger partial charge in [0.1, 0.15) is 0 Å². The van der Waals surface area contributed by atoms with Gasteiger partial charge in [-0.05, 0) is 6.42 Å². The van der Waals surface area contributed by atoms with Crippen LogP contribution in [-0.2, 0) is 9.59 Å². The first-order valence-corrected chi connectivity index (χ1v) is 5.65. The van der Waals surface area contributed by atoms with Crippen LogP contribution in [0.4, 0.5) is 0 Å². The van der Waals surface area contributed by atoms with Gasteiger partial charge in [0, 0.05) is 24.9 Å². The van der Waals surface area contributed by atoms with Crippen LogP contribution in [0.15, 0.2) is 0 Å². The number of nitrogens with one attached hydrogen (secondary N) is 2. The highest BCUT2D eigenvalue weighted by Gasteiger charge is 2.12. The van der Waals surface area contributed by atoms with Gasteiger partial charge in [-0.2, -0.15) is 0 Å². The standard InChI is InChI=1S/C11H22N2O3/c1-8(2)10(15)12-5-4-9(3)11(16)13-6-7-14/h8-9,14H,4-7H2,1-3H3,(H,12,15)(H,13,16). The molecule has 0 fully saturated rings. The predicted octanol–water partition coefficient (Wildman–Crippen LogP) is -0.107. The molecule has 1 unspecified atom stereocenters. The molecule has 3 N–H and O–H groups in total. The zero-order chi connectivity index (χ0) is 12.6. The smallest absolute Gasteiger partial charge is 0.222 e. The van der Waals surface area contributed by atoms with Crippen molar-refractivity contribution in [1.29, 1.82) is 0 Å². The summed E-state index contributed by atoms with van der Waals surface area (Å²) in [5.74, 6) is -0.270. The predicted molar refractivity (Wildman–Crippen MR) is 61.7 cm³/mol. The van der Waals surface area contributed by atoms with E-state index in [4.69, 9.17) is 5.11 Å². The Balaban J connectivity index is 3.68. The fraction of sp³-hybridized carbons (Fsp3) is 0.818. The first-order chi connectivity index (χ1) is 7.49. The van der Waals surface area contributed by atoms with Crippen molar-refractivity contribution < 1.29 is 14.7 Å². The van der Waals surface area contributed by atoms with E-state index in [1.54, 1.807) is 6.92 Å². The summed E-state index contributed by atoms with van der Waals surface area (Å²) >= 11 is 0. The number of hydrogen-bond donors (Lipinski definition) is 3. The molecular formula is C11H22N2O3. The van der Waals surface area contributed by atoms with Gasteiger partial charge in [-0.3, -0.25) is 9.59 Å². The molecule has 0 rings (SSSR count). The molecule has 0 aliphatic carbocycles. The molecule has 0 spiro atoms. The van der Waals surface area contributed by atoms with Crippen molar-refractivity contribution in [3.05, 3.63) is 0 Å².